The Kier molecular flexibility index (Phi) is 5.12. The van der Waals surface area contributed by atoms with Gasteiger partial charge in [0.05, 0.1) is 12.6 Å². The molecule has 1 saturated carbocycles. The van der Waals surface area contributed by atoms with Gasteiger partial charge in [-0.3, -0.25) is 4.79 Å². The van der Waals surface area contributed by atoms with Gasteiger partial charge in [0.15, 0.2) is 0 Å². The second-order valence-electron chi connectivity index (χ2n) is 8.53. The van der Waals surface area contributed by atoms with Gasteiger partial charge in [0, 0.05) is 47.0 Å². The van der Waals surface area contributed by atoms with Crippen molar-refractivity contribution in [2.75, 3.05) is 13.1 Å². The van der Waals surface area contributed by atoms with E-state index in [4.69, 9.17) is 11.6 Å². The molecule has 1 aliphatic carbocycles. The molecular weight excluding hydrogens is 384 g/mol. The van der Waals surface area contributed by atoms with Crippen molar-refractivity contribution in [3.8, 4) is 0 Å². The molecular formula is C21H26ClF2N3O. The summed E-state index contributed by atoms with van der Waals surface area (Å²) < 4.78 is 26.0. The monoisotopic (exact) mass is 409 g/mol. The number of nitrogens with zero attached hydrogens (tertiary/aromatic N) is 1. The Morgan fingerprint density at radius 3 is 2.82 bits per heavy atom. The summed E-state index contributed by atoms with van der Waals surface area (Å²) in [7, 11) is 0. The maximum Gasteiger partial charge on any atom is 0.251 e. The minimum Gasteiger partial charge on any atom is -0.356 e. The molecule has 4 rings (SSSR count). The molecule has 0 radical (unpaired) electrons. The average Bonchev–Trinajstić information content (AvgIpc) is 2.96. The number of hydrogen-bond acceptors (Lipinski definition) is 2. The van der Waals surface area contributed by atoms with E-state index in [9.17, 15) is 13.6 Å². The van der Waals surface area contributed by atoms with E-state index in [-0.39, 0.29) is 37.4 Å². The fraction of sp³-hybridized carbons (Fsp3) is 0.571. The number of alkyl halides is 2. The van der Waals surface area contributed by atoms with Gasteiger partial charge in [0.1, 0.15) is 0 Å². The number of aromatic nitrogens is 1. The zero-order chi connectivity index (χ0) is 20.1. The number of nitrogens with one attached hydrogen (secondary N) is 2. The number of hydrogen-bond donors (Lipinski definition) is 2. The Morgan fingerprint density at radius 1 is 1.39 bits per heavy atom. The first-order valence-electron chi connectivity index (χ1n) is 9.94. The van der Waals surface area contributed by atoms with Gasteiger partial charge in [-0.05, 0) is 42.5 Å². The third kappa shape index (κ3) is 3.77. The van der Waals surface area contributed by atoms with Gasteiger partial charge in [-0.2, -0.15) is 0 Å². The van der Waals surface area contributed by atoms with E-state index in [1.165, 1.54) is 5.56 Å². The number of carbonyl (C=O) groups excluding carboxylic acids is 1. The molecule has 1 fully saturated rings. The summed E-state index contributed by atoms with van der Waals surface area (Å²) in [5.74, 6) is -2.19. The van der Waals surface area contributed by atoms with Crippen LogP contribution < -0.4 is 5.32 Å². The van der Waals surface area contributed by atoms with Crippen molar-refractivity contribution in [2.24, 2.45) is 5.92 Å². The summed E-state index contributed by atoms with van der Waals surface area (Å²) in [6.07, 6.45) is 1.25. The van der Waals surface area contributed by atoms with Crippen LogP contribution in [0.3, 0.4) is 0 Å². The lowest BCUT2D eigenvalue weighted by Crippen LogP contribution is -2.52. The molecule has 0 unspecified atom stereocenters. The fourth-order valence-corrected chi connectivity index (χ4v) is 4.64. The maximum atomic E-state index is 13.0. The number of H-pyrrole nitrogens is 1. The maximum absolute atomic E-state index is 13.0. The number of fused-ring (bicyclic) bond motifs is 3. The van der Waals surface area contributed by atoms with E-state index in [2.05, 4.69) is 24.1 Å². The molecule has 2 heterocycles. The van der Waals surface area contributed by atoms with Crippen molar-refractivity contribution in [3.63, 3.8) is 0 Å². The van der Waals surface area contributed by atoms with Gasteiger partial charge < -0.3 is 15.2 Å². The molecule has 1 aliphatic heterocycles. The van der Waals surface area contributed by atoms with Gasteiger partial charge in [0.25, 0.3) is 5.92 Å². The first kappa shape index (κ1) is 19.6. The predicted molar refractivity (Wildman–Crippen MR) is 107 cm³/mol. The quantitative estimate of drug-likeness (QED) is 0.753. The van der Waals surface area contributed by atoms with Crippen molar-refractivity contribution < 1.29 is 13.6 Å². The second kappa shape index (κ2) is 7.30. The molecule has 28 heavy (non-hydrogen) atoms. The molecule has 4 nitrogen and oxygen atoms in total. The standard InChI is InChI=1S/C21H26ClF2N3O/c1-12(2)7-18-20-15(16-8-13(22)3-4-17(16)26-20)5-6-27(18)19(28)11-25-14-9-21(23,24)10-14/h3-4,8,12,14,18,25-26H,5-7,9-11H2,1-2H3/t18-/m0/s1. The zero-order valence-electron chi connectivity index (χ0n) is 16.2. The van der Waals surface area contributed by atoms with Crippen LogP contribution in [0.4, 0.5) is 8.78 Å². The largest absolute Gasteiger partial charge is 0.356 e. The highest BCUT2D eigenvalue weighted by Gasteiger charge is 2.45. The van der Waals surface area contributed by atoms with Gasteiger partial charge in [0.2, 0.25) is 5.91 Å². The summed E-state index contributed by atoms with van der Waals surface area (Å²) in [5, 5.41) is 4.83. The molecule has 2 aromatic rings. The van der Waals surface area contributed by atoms with E-state index in [0.29, 0.717) is 17.5 Å². The highest BCUT2D eigenvalue weighted by molar-refractivity contribution is 6.31. The fourth-order valence-electron chi connectivity index (χ4n) is 4.47. The Hall–Kier alpha value is -1.66. The third-order valence-electron chi connectivity index (χ3n) is 5.86. The van der Waals surface area contributed by atoms with E-state index in [1.54, 1.807) is 0 Å². The third-order valence-corrected chi connectivity index (χ3v) is 6.10. The highest BCUT2D eigenvalue weighted by Crippen LogP contribution is 2.39. The molecule has 0 saturated heterocycles. The van der Waals surface area contributed by atoms with Gasteiger partial charge in [-0.25, -0.2) is 8.78 Å². The lowest BCUT2D eigenvalue weighted by atomic mass is 9.88. The first-order chi connectivity index (χ1) is 13.2. The van der Waals surface area contributed by atoms with Gasteiger partial charge in [-0.1, -0.05) is 25.4 Å². The summed E-state index contributed by atoms with van der Waals surface area (Å²) >= 11 is 6.19. The molecule has 1 aromatic heterocycles. The van der Waals surface area contributed by atoms with Crippen molar-refractivity contribution in [3.05, 3.63) is 34.5 Å². The van der Waals surface area contributed by atoms with Crippen LogP contribution >= 0.6 is 11.6 Å². The normalized spacial score (nSPS) is 21.8. The minimum absolute atomic E-state index is 0.0248. The number of amides is 1. The van der Waals surface area contributed by atoms with E-state index < -0.39 is 5.92 Å². The summed E-state index contributed by atoms with van der Waals surface area (Å²) in [6, 6.07) is 5.52. The topological polar surface area (TPSA) is 48.1 Å². The Morgan fingerprint density at radius 2 is 2.14 bits per heavy atom. The molecule has 1 atom stereocenters. The summed E-state index contributed by atoms with van der Waals surface area (Å²) in [6.45, 7) is 5.03. The van der Waals surface area contributed by atoms with Crippen molar-refractivity contribution >= 4 is 28.4 Å². The molecule has 0 bridgehead atoms. The number of rotatable bonds is 5. The van der Waals surface area contributed by atoms with Crippen LogP contribution in [-0.4, -0.2) is 40.8 Å². The van der Waals surface area contributed by atoms with Crippen LogP contribution in [0.2, 0.25) is 5.02 Å². The van der Waals surface area contributed by atoms with Crippen LogP contribution in [0.5, 0.6) is 0 Å². The number of carbonyl (C=O) groups is 1. The number of halogens is 3. The van der Waals surface area contributed by atoms with Crippen LogP contribution in [0.15, 0.2) is 18.2 Å². The summed E-state index contributed by atoms with van der Waals surface area (Å²) in [5.41, 5.74) is 3.35. The van der Waals surface area contributed by atoms with Crippen molar-refractivity contribution in [1.82, 2.24) is 15.2 Å². The van der Waals surface area contributed by atoms with Crippen molar-refractivity contribution in [2.45, 2.75) is 57.5 Å². The second-order valence-corrected chi connectivity index (χ2v) is 8.97. The lowest BCUT2D eigenvalue weighted by Gasteiger charge is -2.39. The predicted octanol–water partition coefficient (Wildman–Crippen LogP) is 4.68. The Bertz CT molecular complexity index is 887. The van der Waals surface area contributed by atoms with E-state index in [1.807, 2.05) is 23.1 Å². The molecule has 2 aliphatic rings. The molecule has 7 heteroatoms. The molecule has 152 valence electrons. The SMILES string of the molecule is CC(C)C[C@H]1c2[nH]c3ccc(Cl)cc3c2CCN1C(=O)CNC1CC(F)(F)C1. The smallest absolute Gasteiger partial charge is 0.251 e. The van der Waals surface area contributed by atoms with Crippen LogP contribution in [-0.2, 0) is 11.2 Å². The molecule has 2 N–H and O–H groups in total. The van der Waals surface area contributed by atoms with E-state index >= 15 is 0 Å². The van der Waals surface area contributed by atoms with Crippen LogP contribution in [0.25, 0.3) is 10.9 Å². The number of aromatic amines is 1. The van der Waals surface area contributed by atoms with Crippen LogP contribution in [0, 0.1) is 5.92 Å². The van der Waals surface area contributed by atoms with Crippen LogP contribution in [0.1, 0.15) is 50.4 Å². The van der Waals surface area contributed by atoms with Gasteiger partial charge in [-0.15, -0.1) is 0 Å². The minimum atomic E-state index is -2.58. The first-order valence-corrected chi connectivity index (χ1v) is 10.3. The molecule has 1 aromatic carbocycles. The highest BCUT2D eigenvalue weighted by atomic mass is 35.5. The van der Waals surface area contributed by atoms with E-state index in [0.717, 1.165) is 29.4 Å². The lowest BCUT2D eigenvalue weighted by molar-refractivity contribution is -0.135. The zero-order valence-corrected chi connectivity index (χ0v) is 17.0. The molecule has 1 amide bonds. The Labute approximate surface area is 168 Å². The Balaban J connectivity index is 1.55. The van der Waals surface area contributed by atoms with Crippen molar-refractivity contribution in [1.29, 1.82) is 0 Å². The number of benzene rings is 1. The average molecular weight is 410 g/mol. The summed E-state index contributed by atoms with van der Waals surface area (Å²) in [4.78, 5) is 18.3. The van der Waals surface area contributed by atoms with Gasteiger partial charge >= 0.3 is 0 Å². The molecule has 0 spiro atoms.